The minimum atomic E-state index is -0.519. The highest BCUT2D eigenvalue weighted by atomic mass is 35.5. The van der Waals surface area contributed by atoms with E-state index in [0.29, 0.717) is 23.0 Å². The highest BCUT2D eigenvalue weighted by Gasteiger charge is 2.35. The summed E-state index contributed by atoms with van der Waals surface area (Å²) in [4.78, 5) is 20.6. The van der Waals surface area contributed by atoms with Gasteiger partial charge < -0.3 is 5.32 Å². The smallest absolute Gasteiger partial charge is 0.252 e. The summed E-state index contributed by atoms with van der Waals surface area (Å²) in [7, 11) is 0. The van der Waals surface area contributed by atoms with Crippen LogP contribution in [0.2, 0.25) is 5.02 Å². The van der Waals surface area contributed by atoms with Crippen LogP contribution in [0.5, 0.6) is 0 Å². The summed E-state index contributed by atoms with van der Waals surface area (Å²) < 4.78 is 15.9. The van der Waals surface area contributed by atoms with Gasteiger partial charge >= 0.3 is 0 Å². The maximum absolute atomic E-state index is 14.4. The van der Waals surface area contributed by atoms with Crippen molar-refractivity contribution in [3.05, 3.63) is 64.3 Å². The van der Waals surface area contributed by atoms with Gasteiger partial charge in [0.05, 0.1) is 5.69 Å². The Kier molecular flexibility index (Phi) is 3.73. The fourth-order valence-electron chi connectivity index (χ4n) is 3.18. The van der Waals surface area contributed by atoms with Gasteiger partial charge in [0.2, 0.25) is 5.91 Å². The highest BCUT2D eigenvalue weighted by Crippen LogP contribution is 2.42. The van der Waals surface area contributed by atoms with Gasteiger partial charge in [-0.1, -0.05) is 17.7 Å². The lowest BCUT2D eigenvalue weighted by molar-refractivity contribution is -0.116. The lowest BCUT2D eigenvalue weighted by Gasteiger charge is -2.25. The van der Waals surface area contributed by atoms with Crippen LogP contribution in [-0.4, -0.2) is 25.7 Å². The van der Waals surface area contributed by atoms with Gasteiger partial charge in [-0.2, -0.15) is 9.78 Å². The predicted molar refractivity (Wildman–Crippen MR) is 90.4 cm³/mol. The molecule has 0 spiro atoms. The first-order valence-corrected chi connectivity index (χ1v) is 8.04. The van der Waals surface area contributed by atoms with Crippen LogP contribution in [0.1, 0.15) is 29.2 Å². The number of nitrogens with one attached hydrogen (secondary N) is 1. The Bertz CT molecular complexity index is 952. The average molecular weight is 358 g/mol. The Hall–Kier alpha value is -2.80. The number of aryl methyl sites for hydroxylation is 1. The van der Waals surface area contributed by atoms with Crippen LogP contribution in [0.15, 0.2) is 36.7 Å². The molecule has 4 rings (SSSR count). The Morgan fingerprint density at radius 3 is 2.72 bits per heavy atom. The summed E-state index contributed by atoms with van der Waals surface area (Å²) in [5, 5.41) is 7.53. The number of carbonyl (C=O) groups excluding carboxylic acids is 1. The number of carbonyl (C=O) groups is 1. The number of amides is 1. The van der Waals surface area contributed by atoms with Crippen molar-refractivity contribution >= 4 is 23.3 Å². The molecule has 126 valence electrons. The second kappa shape index (κ2) is 5.93. The summed E-state index contributed by atoms with van der Waals surface area (Å²) in [5.41, 5.74) is 1.68. The standard InChI is InChI=1S/C17H13ClFN5O/c1-9-14-10(15-11(18)4-2-5-12(15)19)8-13(25)22-16(14)24(23-9)17-20-6-3-7-21-17/h2-7,10H,8H2,1H3,(H,22,25)/t10-/m0/s1. The molecular formula is C17H13ClFN5O. The Labute approximate surface area is 147 Å². The average Bonchev–Trinajstić information content (AvgIpc) is 2.92. The van der Waals surface area contributed by atoms with Crippen LogP contribution >= 0.6 is 11.6 Å². The molecular weight excluding hydrogens is 345 g/mol. The van der Waals surface area contributed by atoms with Gasteiger partial charge in [0.1, 0.15) is 11.6 Å². The first kappa shape index (κ1) is 15.7. The quantitative estimate of drug-likeness (QED) is 0.764. The summed E-state index contributed by atoms with van der Waals surface area (Å²) in [6.45, 7) is 1.80. The molecule has 0 saturated heterocycles. The van der Waals surface area contributed by atoms with E-state index in [-0.39, 0.29) is 17.4 Å². The molecule has 25 heavy (non-hydrogen) atoms. The first-order valence-electron chi connectivity index (χ1n) is 7.67. The zero-order valence-electron chi connectivity index (χ0n) is 13.2. The van der Waals surface area contributed by atoms with Crippen molar-refractivity contribution in [2.75, 3.05) is 5.32 Å². The third-order valence-electron chi connectivity index (χ3n) is 4.19. The summed E-state index contributed by atoms with van der Waals surface area (Å²) in [5.74, 6) is -0.429. The maximum atomic E-state index is 14.4. The molecule has 3 heterocycles. The summed E-state index contributed by atoms with van der Waals surface area (Å²) in [6, 6.07) is 6.19. The molecule has 1 aliphatic heterocycles. The minimum Gasteiger partial charge on any atom is -0.310 e. The van der Waals surface area contributed by atoms with Crippen molar-refractivity contribution in [1.82, 2.24) is 19.7 Å². The highest BCUT2D eigenvalue weighted by molar-refractivity contribution is 6.31. The number of hydrogen-bond donors (Lipinski definition) is 1. The third-order valence-corrected chi connectivity index (χ3v) is 4.52. The molecule has 6 nitrogen and oxygen atoms in total. The normalized spacial score (nSPS) is 16.4. The maximum Gasteiger partial charge on any atom is 0.252 e. The van der Waals surface area contributed by atoms with Crippen LogP contribution in [-0.2, 0) is 4.79 Å². The molecule has 1 N–H and O–H groups in total. The lowest BCUT2D eigenvalue weighted by Crippen LogP contribution is -2.25. The molecule has 1 amide bonds. The number of rotatable bonds is 2. The Morgan fingerprint density at radius 1 is 1.24 bits per heavy atom. The van der Waals surface area contributed by atoms with Crippen molar-refractivity contribution in [1.29, 1.82) is 0 Å². The van der Waals surface area contributed by atoms with E-state index in [1.165, 1.54) is 10.7 Å². The topological polar surface area (TPSA) is 72.7 Å². The summed E-state index contributed by atoms with van der Waals surface area (Å²) in [6.07, 6.45) is 3.26. The Balaban J connectivity index is 1.94. The third kappa shape index (κ3) is 2.56. The predicted octanol–water partition coefficient (Wildman–Crippen LogP) is 3.24. The number of hydrogen-bond acceptors (Lipinski definition) is 4. The van der Waals surface area contributed by atoms with E-state index in [0.717, 1.165) is 5.56 Å². The molecule has 2 aromatic heterocycles. The van der Waals surface area contributed by atoms with Crippen molar-refractivity contribution in [2.45, 2.75) is 19.3 Å². The van der Waals surface area contributed by atoms with E-state index in [1.807, 2.05) is 0 Å². The van der Waals surface area contributed by atoms with Gasteiger partial charge in [-0.15, -0.1) is 0 Å². The van der Waals surface area contributed by atoms with E-state index < -0.39 is 11.7 Å². The van der Waals surface area contributed by atoms with E-state index in [9.17, 15) is 9.18 Å². The fourth-order valence-corrected chi connectivity index (χ4v) is 3.48. The number of benzene rings is 1. The van der Waals surface area contributed by atoms with Gasteiger partial charge in [-0.25, -0.2) is 14.4 Å². The number of halogens is 2. The second-order valence-electron chi connectivity index (χ2n) is 5.75. The zero-order chi connectivity index (χ0) is 17.6. The molecule has 1 aliphatic rings. The molecule has 0 fully saturated rings. The fraction of sp³-hybridized carbons (Fsp3) is 0.176. The molecule has 0 radical (unpaired) electrons. The van der Waals surface area contributed by atoms with Crippen molar-refractivity contribution in [2.24, 2.45) is 0 Å². The van der Waals surface area contributed by atoms with E-state index >= 15 is 0 Å². The molecule has 8 heteroatoms. The largest absolute Gasteiger partial charge is 0.310 e. The van der Waals surface area contributed by atoms with Crippen molar-refractivity contribution < 1.29 is 9.18 Å². The monoisotopic (exact) mass is 357 g/mol. The number of nitrogens with zero attached hydrogens (tertiary/aromatic N) is 4. The van der Waals surface area contributed by atoms with Crippen LogP contribution in [0.25, 0.3) is 5.95 Å². The molecule has 0 aliphatic carbocycles. The molecule has 1 atom stereocenters. The van der Waals surface area contributed by atoms with E-state index in [1.54, 1.807) is 37.5 Å². The lowest BCUT2D eigenvalue weighted by atomic mass is 9.85. The van der Waals surface area contributed by atoms with Gasteiger partial charge in [0.15, 0.2) is 0 Å². The van der Waals surface area contributed by atoms with Crippen molar-refractivity contribution in [3.8, 4) is 5.95 Å². The van der Waals surface area contributed by atoms with Gasteiger partial charge in [0.25, 0.3) is 5.95 Å². The number of fused-ring (bicyclic) bond motifs is 1. The van der Waals surface area contributed by atoms with Gasteiger partial charge in [-0.05, 0) is 25.1 Å². The molecule has 0 unspecified atom stereocenters. The SMILES string of the molecule is Cc1nn(-c2ncccn2)c2c1[C@@H](c1c(F)cccc1Cl)CC(=O)N2. The van der Waals surface area contributed by atoms with E-state index in [4.69, 9.17) is 11.6 Å². The molecule has 3 aromatic rings. The molecule has 0 bridgehead atoms. The number of anilines is 1. The second-order valence-corrected chi connectivity index (χ2v) is 6.16. The number of aromatic nitrogens is 4. The first-order chi connectivity index (χ1) is 12.1. The van der Waals surface area contributed by atoms with E-state index in [2.05, 4.69) is 20.4 Å². The van der Waals surface area contributed by atoms with Crippen LogP contribution < -0.4 is 5.32 Å². The Morgan fingerprint density at radius 2 is 2.00 bits per heavy atom. The van der Waals surface area contributed by atoms with Crippen molar-refractivity contribution in [3.63, 3.8) is 0 Å². The van der Waals surface area contributed by atoms with Crippen LogP contribution in [0.3, 0.4) is 0 Å². The minimum absolute atomic E-state index is 0.0931. The van der Waals surface area contributed by atoms with Crippen LogP contribution in [0.4, 0.5) is 10.2 Å². The van der Waals surface area contributed by atoms with Gasteiger partial charge in [-0.3, -0.25) is 4.79 Å². The van der Waals surface area contributed by atoms with Gasteiger partial charge in [0, 0.05) is 40.9 Å². The molecule has 0 saturated carbocycles. The molecule has 1 aromatic carbocycles. The zero-order valence-corrected chi connectivity index (χ0v) is 14.0. The summed E-state index contributed by atoms with van der Waals surface area (Å²) >= 11 is 6.23. The van der Waals surface area contributed by atoms with Crippen LogP contribution in [0, 0.1) is 12.7 Å².